The van der Waals surface area contributed by atoms with Crippen molar-refractivity contribution in [3.8, 4) is 0 Å². The fourth-order valence-corrected chi connectivity index (χ4v) is 4.95. The highest BCUT2D eigenvalue weighted by Gasteiger charge is 2.26. The summed E-state index contributed by atoms with van der Waals surface area (Å²) >= 11 is 1.60. The third-order valence-corrected chi connectivity index (χ3v) is 7.56. The number of carbonyl (C=O) groups is 3. The summed E-state index contributed by atoms with van der Waals surface area (Å²) in [5.41, 5.74) is 1.46. The van der Waals surface area contributed by atoms with Gasteiger partial charge in [-0.1, -0.05) is 62.7 Å². The van der Waals surface area contributed by atoms with Crippen LogP contribution in [0.2, 0.25) is 0 Å². The minimum Gasteiger partial charge on any atom is -0.467 e. The molecule has 10 heteroatoms. The number of hydrogen-bond donors (Lipinski definition) is 3. The second-order valence-electron chi connectivity index (χ2n) is 9.66. The molecule has 210 valence electrons. The van der Waals surface area contributed by atoms with E-state index in [4.69, 9.17) is 4.74 Å². The number of amides is 2. The fourth-order valence-electron chi connectivity index (χ4n) is 4.48. The summed E-state index contributed by atoms with van der Waals surface area (Å²) in [7, 11) is 1.33. The Labute approximate surface area is 234 Å². The molecule has 3 aromatic rings. The van der Waals surface area contributed by atoms with Crippen molar-refractivity contribution < 1.29 is 19.1 Å². The summed E-state index contributed by atoms with van der Waals surface area (Å²) in [4.78, 5) is 47.3. The van der Waals surface area contributed by atoms with E-state index in [2.05, 4.69) is 58.7 Å². The van der Waals surface area contributed by atoms with Crippen molar-refractivity contribution in [3.05, 3.63) is 66.2 Å². The van der Waals surface area contributed by atoms with E-state index in [0.717, 1.165) is 28.5 Å². The number of fused-ring (bicyclic) bond motifs is 1. The van der Waals surface area contributed by atoms with Crippen molar-refractivity contribution >= 4 is 40.3 Å². The molecule has 1 aromatic heterocycles. The molecule has 0 aliphatic carbocycles. The molecule has 3 N–H and O–H groups in total. The first-order valence-corrected chi connectivity index (χ1v) is 14.6. The van der Waals surface area contributed by atoms with Gasteiger partial charge in [-0.15, -0.1) is 0 Å². The molecule has 2 amide bonds. The zero-order chi connectivity index (χ0) is 28.2. The number of methoxy groups -OCH3 is 1. The van der Waals surface area contributed by atoms with E-state index in [1.54, 1.807) is 11.8 Å². The summed E-state index contributed by atoms with van der Waals surface area (Å²) in [6, 6.07) is 13.4. The van der Waals surface area contributed by atoms with Gasteiger partial charge in [-0.3, -0.25) is 14.5 Å². The maximum absolute atomic E-state index is 13.3. The molecule has 3 rings (SSSR count). The number of benzene rings is 2. The van der Waals surface area contributed by atoms with Crippen LogP contribution >= 0.6 is 11.8 Å². The average molecular weight is 554 g/mol. The lowest BCUT2D eigenvalue weighted by Crippen LogP contribution is -2.51. The zero-order valence-corrected chi connectivity index (χ0v) is 23.9. The van der Waals surface area contributed by atoms with E-state index in [1.165, 1.54) is 19.6 Å². The van der Waals surface area contributed by atoms with Crippen LogP contribution in [0.4, 0.5) is 0 Å². The van der Waals surface area contributed by atoms with Crippen LogP contribution in [0.25, 0.3) is 10.8 Å². The van der Waals surface area contributed by atoms with E-state index in [-0.39, 0.29) is 30.3 Å². The van der Waals surface area contributed by atoms with Crippen molar-refractivity contribution in [2.75, 3.05) is 32.2 Å². The van der Waals surface area contributed by atoms with Crippen LogP contribution in [0.3, 0.4) is 0 Å². The molecule has 0 aliphatic rings. The maximum atomic E-state index is 13.3. The second-order valence-corrected chi connectivity index (χ2v) is 10.6. The Balaban J connectivity index is 1.85. The summed E-state index contributed by atoms with van der Waals surface area (Å²) in [5.74, 6) is -0.0958. The topological polar surface area (TPSA) is 116 Å². The van der Waals surface area contributed by atoms with Crippen molar-refractivity contribution in [2.45, 2.75) is 45.3 Å². The minimum atomic E-state index is -0.709. The molecular formula is C29H39N5O4S. The van der Waals surface area contributed by atoms with E-state index >= 15 is 0 Å². The first kappa shape index (κ1) is 30.2. The molecule has 0 saturated carbocycles. The van der Waals surface area contributed by atoms with Crippen molar-refractivity contribution in [1.82, 2.24) is 25.5 Å². The Morgan fingerprint density at radius 2 is 1.90 bits per heavy atom. The van der Waals surface area contributed by atoms with Gasteiger partial charge in [-0.05, 0) is 40.7 Å². The monoisotopic (exact) mass is 553 g/mol. The number of nitrogens with zero attached hydrogens (tertiary/aromatic N) is 2. The van der Waals surface area contributed by atoms with E-state index in [1.807, 2.05) is 29.4 Å². The number of aromatic nitrogens is 2. The minimum absolute atomic E-state index is 0.0584. The van der Waals surface area contributed by atoms with Gasteiger partial charge in [0.15, 0.2) is 0 Å². The van der Waals surface area contributed by atoms with Gasteiger partial charge in [0.1, 0.15) is 11.7 Å². The lowest BCUT2D eigenvalue weighted by atomic mass is 9.97. The first-order chi connectivity index (χ1) is 18.9. The molecule has 0 spiro atoms. The van der Waals surface area contributed by atoms with Crippen LogP contribution < -0.4 is 10.6 Å². The standard InChI is InChI=1S/C29H39N5O4S/c1-5-20(2)26(33-28(36)25-15-30-19-31-25)17-34(16-22-11-8-10-21-9-6-7-12-23(21)22)18-27(35)32-24(13-14-39-4)29(37)38-3/h6-12,15,19-20,24,26H,5,13-14,16-18H2,1-4H3,(H,30,31)(H,32,35)(H,33,36). The number of rotatable bonds is 15. The lowest BCUT2D eigenvalue weighted by Gasteiger charge is -2.31. The Morgan fingerprint density at radius 1 is 1.13 bits per heavy atom. The summed E-state index contributed by atoms with van der Waals surface area (Å²) < 4.78 is 4.92. The number of esters is 1. The molecule has 0 aliphatic heterocycles. The maximum Gasteiger partial charge on any atom is 0.328 e. The number of thioether (sulfide) groups is 1. The van der Waals surface area contributed by atoms with Crippen LogP contribution in [0.1, 0.15) is 42.7 Å². The van der Waals surface area contributed by atoms with E-state index in [9.17, 15) is 14.4 Å². The Morgan fingerprint density at radius 3 is 2.59 bits per heavy atom. The molecule has 1 heterocycles. The Hall–Kier alpha value is -3.37. The first-order valence-electron chi connectivity index (χ1n) is 13.2. The largest absolute Gasteiger partial charge is 0.467 e. The SMILES string of the molecule is CCC(C)C(CN(CC(=O)NC(CCSC)C(=O)OC)Cc1cccc2ccccc12)NC(=O)c1cnc[nH]1. The van der Waals surface area contributed by atoms with Gasteiger partial charge in [0, 0.05) is 19.1 Å². The highest BCUT2D eigenvalue weighted by atomic mass is 32.2. The van der Waals surface area contributed by atoms with Gasteiger partial charge in [-0.2, -0.15) is 11.8 Å². The summed E-state index contributed by atoms with van der Waals surface area (Å²) in [6.45, 7) is 5.16. The quantitative estimate of drug-likeness (QED) is 0.246. The highest BCUT2D eigenvalue weighted by Crippen LogP contribution is 2.21. The normalized spacial score (nSPS) is 13.6. The van der Waals surface area contributed by atoms with Gasteiger partial charge < -0.3 is 20.4 Å². The molecule has 2 aromatic carbocycles. The van der Waals surface area contributed by atoms with Crippen molar-refractivity contribution in [2.24, 2.45) is 5.92 Å². The summed E-state index contributed by atoms with van der Waals surface area (Å²) in [6.07, 6.45) is 6.25. The van der Waals surface area contributed by atoms with Crippen LogP contribution in [-0.2, 0) is 20.9 Å². The van der Waals surface area contributed by atoms with Crippen LogP contribution in [0.5, 0.6) is 0 Å². The van der Waals surface area contributed by atoms with Gasteiger partial charge in [0.2, 0.25) is 5.91 Å². The molecule has 9 nitrogen and oxygen atoms in total. The number of H-pyrrole nitrogens is 1. The Bertz CT molecular complexity index is 1210. The number of imidazole rings is 1. The van der Waals surface area contributed by atoms with Crippen LogP contribution in [-0.4, -0.2) is 76.9 Å². The molecule has 39 heavy (non-hydrogen) atoms. The van der Waals surface area contributed by atoms with Gasteiger partial charge in [-0.25, -0.2) is 9.78 Å². The van der Waals surface area contributed by atoms with Crippen molar-refractivity contribution in [3.63, 3.8) is 0 Å². The number of carbonyl (C=O) groups excluding carboxylic acids is 3. The fraction of sp³-hybridized carbons (Fsp3) is 0.448. The summed E-state index contributed by atoms with van der Waals surface area (Å²) in [5, 5.41) is 8.23. The van der Waals surface area contributed by atoms with Gasteiger partial charge in [0.05, 0.1) is 26.2 Å². The predicted octanol–water partition coefficient (Wildman–Crippen LogP) is 3.62. The lowest BCUT2D eigenvalue weighted by molar-refractivity contribution is -0.145. The van der Waals surface area contributed by atoms with Crippen LogP contribution in [0, 0.1) is 5.92 Å². The zero-order valence-electron chi connectivity index (χ0n) is 23.1. The molecule has 0 bridgehead atoms. The molecular weight excluding hydrogens is 514 g/mol. The third kappa shape index (κ3) is 8.83. The average Bonchev–Trinajstić information content (AvgIpc) is 3.49. The number of ether oxygens (including phenoxy) is 1. The van der Waals surface area contributed by atoms with Crippen molar-refractivity contribution in [1.29, 1.82) is 0 Å². The smallest absolute Gasteiger partial charge is 0.328 e. The predicted molar refractivity (Wildman–Crippen MR) is 155 cm³/mol. The highest BCUT2D eigenvalue weighted by molar-refractivity contribution is 7.98. The van der Waals surface area contributed by atoms with E-state index < -0.39 is 12.0 Å². The van der Waals surface area contributed by atoms with E-state index in [0.29, 0.717) is 25.2 Å². The number of hydrogen-bond acceptors (Lipinski definition) is 7. The van der Waals surface area contributed by atoms with Gasteiger partial charge in [0.25, 0.3) is 5.91 Å². The number of aromatic amines is 1. The second kappa shape index (κ2) is 15.3. The Kier molecular flexibility index (Phi) is 11.8. The number of nitrogens with one attached hydrogen (secondary N) is 3. The van der Waals surface area contributed by atoms with Crippen LogP contribution in [0.15, 0.2) is 55.0 Å². The molecule has 3 atom stereocenters. The molecule has 0 saturated heterocycles. The molecule has 0 fully saturated rings. The van der Waals surface area contributed by atoms with Gasteiger partial charge >= 0.3 is 5.97 Å². The molecule has 0 radical (unpaired) electrons. The molecule has 3 unspecified atom stereocenters. The third-order valence-electron chi connectivity index (χ3n) is 6.92.